The van der Waals surface area contributed by atoms with Gasteiger partial charge in [0.15, 0.2) is 5.82 Å². The summed E-state index contributed by atoms with van der Waals surface area (Å²) in [5.74, 6) is 0.497. The number of benzene rings is 1. The quantitative estimate of drug-likeness (QED) is 0.736. The van der Waals surface area contributed by atoms with Crippen LogP contribution in [0, 0.1) is 0 Å². The minimum Gasteiger partial charge on any atom is -0.467 e. The van der Waals surface area contributed by atoms with E-state index in [9.17, 15) is 0 Å². The second kappa shape index (κ2) is 6.17. The Labute approximate surface area is 127 Å². The Hall–Kier alpha value is -3.02. The summed E-state index contributed by atoms with van der Waals surface area (Å²) in [5, 5.41) is 0. The lowest BCUT2D eigenvalue weighted by molar-refractivity contribution is 0.341. The SMILES string of the molecule is COc1nc(OC)nc(-c2ccc(-c3ccccn3)cc2)n1. The highest BCUT2D eigenvalue weighted by atomic mass is 16.5. The molecule has 6 heteroatoms. The molecule has 0 aliphatic heterocycles. The summed E-state index contributed by atoms with van der Waals surface area (Å²) in [6, 6.07) is 14.0. The number of rotatable bonds is 4. The normalized spacial score (nSPS) is 10.3. The van der Waals surface area contributed by atoms with E-state index in [1.807, 2.05) is 42.5 Å². The summed E-state index contributed by atoms with van der Waals surface area (Å²) in [4.78, 5) is 16.8. The monoisotopic (exact) mass is 294 g/mol. The summed E-state index contributed by atoms with van der Waals surface area (Å²) in [7, 11) is 3.01. The van der Waals surface area contributed by atoms with Gasteiger partial charge in [-0.15, -0.1) is 4.98 Å². The van der Waals surface area contributed by atoms with Gasteiger partial charge in [0.25, 0.3) is 0 Å². The number of nitrogens with zero attached hydrogens (tertiary/aromatic N) is 4. The third kappa shape index (κ3) is 2.85. The molecule has 0 radical (unpaired) electrons. The Bertz CT molecular complexity index is 739. The molecule has 6 nitrogen and oxygen atoms in total. The van der Waals surface area contributed by atoms with Crippen LogP contribution in [0.3, 0.4) is 0 Å². The van der Waals surface area contributed by atoms with Crippen molar-refractivity contribution in [2.75, 3.05) is 14.2 Å². The molecular weight excluding hydrogens is 280 g/mol. The van der Waals surface area contributed by atoms with Crippen LogP contribution in [0.15, 0.2) is 48.7 Å². The van der Waals surface area contributed by atoms with Crippen molar-refractivity contribution in [3.63, 3.8) is 0 Å². The molecule has 2 heterocycles. The predicted octanol–water partition coefficient (Wildman–Crippen LogP) is 2.62. The molecule has 3 aromatic rings. The number of aromatic nitrogens is 4. The predicted molar refractivity (Wildman–Crippen MR) is 81.6 cm³/mol. The summed E-state index contributed by atoms with van der Waals surface area (Å²) in [6.07, 6.45) is 1.77. The molecule has 0 saturated heterocycles. The maximum Gasteiger partial charge on any atom is 0.322 e. The lowest BCUT2D eigenvalue weighted by atomic mass is 10.1. The molecule has 1 aromatic carbocycles. The molecule has 0 saturated carbocycles. The van der Waals surface area contributed by atoms with Gasteiger partial charge in [0.05, 0.1) is 19.9 Å². The molecule has 0 fully saturated rings. The summed E-state index contributed by atoms with van der Waals surface area (Å²) >= 11 is 0. The Kier molecular flexibility index (Phi) is 3.91. The maximum atomic E-state index is 5.06. The van der Waals surface area contributed by atoms with Crippen molar-refractivity contribution in [2.24, 2.45) is 0 Å². The molecule has 0 spiro atoms. The first-order valence-electron chi connectivity index (χ1n) is 6.66. The highest BCUT2D eigenvalue weighted by molar-refractivity contribution is 5.65. The topological polar surface area (TPSA) is 70.0 Å². The van der Waals surface area contributed by atoms with Crippen molar-refractivity contribution in [2.45, 2.75) is 0 Å². The zero-order valence-electron chi connectivity index (χ0n) is 12.2. The molecule has 22 heavy (non-hydrogen) atoms. The Morgan fingerprint density at radius 3 is 1.91 bits per heavy atom. The van der Waals surface area contributed by atoms with E-state index in [1.165, 1.54) is 14.2 Å². The zero-order chi connectivity index (χ0) is 15.4. The van der Waals surface area contributed by atoms with Crippen LogP contribution in [-0.2, 0) is 0 Å². The Morgan fingerprint density at radius 1 is 0.727 bits per heavy atom. The lowest BCUT2D eigenvalue weighted by Crippen LogP contribution is -2.00. The minimum absolute atomic E-state index is 0.218. The zero-order valence-corrected chi connectivity index (χ0v) is 12.2. The maximum absolute atomic E-state index is 5.06. The first kappa shape index (κ1) is 13.9. The average Bonchev–Trinajstić information content (AvgIpc) is 2.62. The second-order valence-electron chi connectivity index (χ2n) is 4.42. The van der Waals surface area contributed by atoms with Gasteiger partial charge in [-0.25, -0.2) is 0 Å². The third-order valence-corrected chi connectivity index (χ3v) is 3.06. The fourth-order valence-electron chi connectivity index (χ4n) is 1.97. The molecule has 0 atom stereocenters. The Morgan fingerprint density at radius 2 is 1.36 bits per heavy atom. The van der Waals surface area contributed by atoms with Crippen LogP contribution in [0.4, 0.5) is 0 Å². The molecule has 0 aliphatic rings. The van der Waals surface area contributed by atoms with Crippen LogP contribution in [0.25, 0.3) is 22.6 Å². The Balaban J connectivity index is 1.96. The van der Waals surface area contributed by atoms with Crippen LogP contribution in [0.1, 0.15) is 0 Å². The van der Waals surface area contributed by atoms with Gasteiger partial charge in [-0.05, 0) is 12.1 Å². The highest BCUT2D eigenvalue weighted by Gasteiger charge is 2.09. The van der Waals surface area contributed by atoms with Crippen molar-refractivity contribution in [1.82, 2.24) is 19.9 Å². The van der Waals surface area contributed by atoms with E-state index in [4.69, 9.17) is 9.47 Å². The fourth-order valence-corrected chi connectivity index (χ4v) is 1.97. The third-order valence-electron chi connectivity index (χ3n) is 3.06. The van der Waals surface area contributed by atoms with E-state index in [0.29, 0.717) is 5.82 Å². The van der Waals surface area contributed by atoms with E-state index < -0.39 is 0 Å². The summed E-state index contributed by atoms with van der Waals surface area (Å²) < 4.78 is 10.1. The second-order valence-corrected chi connectivity index (χ2v) is 4.42. The van der Waals surface area contributed by atoms with Gasteiger partial charge in [0.1, 0.15) is 0 Å². The molecular formula is C16H14N4O2. The van der Waals surface area contributed by atoms with E-state index >= 15 is 0 Å². The van der Waals surface area contributed by atoms with Crippen LogP contribution < -0.4 is 9.47 Å². The molecule has 2 aromatic heterocycles. The highest BCUT2D eigenvalue weighted by Crippen LogP contribution is 2.23. The lowest BCUT2D eigenvalue weighted by Gasteiger charge is -2.06. The first-order chi connectivity index (χ1) is 10.8. The molecule has 0 unspecified atom stereocenters. The number of pyridine rings is 1. The van der Waals surface area contributed by atoms with Gasteiger partial charge >= 0.3 is 12.0 Å². The number of hydrogen-bond donors (Lipinski definition) is 0. The van der Waals surface area contributed by atoms with E-state index in [2.05, 4.69) is 19.9 Å². The number of hydrogen-bond acceptors (Lipinski definition) is 6. The van der Waals surface area contributed by atoms with Gasteiger partial charge < -0.3 is 9.47 Å². The van der Waals surface area contributed by atoms with Crippen molar-refractivity contribution in [3.05, 3.63) is 48.7 Å². The first-order valence-corrected chi connectivity index (χ1v) is 6.66. The average molecular weight is 294 g/mol. The van der Waals surface area contributed by atoms with Crippen LogP contribution in [-0.4, -0.2) is 34.2 Å². The number of methoxy groups -OCH3 is 2. The molecule has 110 valence electrons. The fraction of sp³-hybridized carbons (Fsp3) is 0.125. The van der Waals surface area contributed by atoms with Gasteiger partial charge in [-0.1, -0.05) is 30.3 Å². The van der Waals surface area contributed by atoms with E-state index in [-0.39, 0.29) is 12.0 Å². The van der Waals surface area contributed by atoms with E-state index in [1.54, 1.807) is 6.20 Å². The van der Waals surface area contributed by atoms with Gasteiger partial charge in [0.2, 0.25) is 0 Å². The van der Waals surface area contributed by atoms with Gasteiger partial charge in [-0.2, -0.15) is 9.97 Å². The summed E-state index contributed by atoms with van der Waals surface area (Å²) in [5.41, 5.74) is 2.79. The molecule has 0 N–H and O–H groups in total. The van der Waals surface area contributed by atoms with Crippen LogP contribution in [0.5, 0.6) is 12.0 Å². The minimum atomic E-state index is 0.218. The van der Waals surface area contributed by atoms with Crippen molar-refractivity contribution < 1.29 is 9.47 Å². The number of ether oxygens (including phenoxy) is 2. The van der Waals surface area contributed by atoms with Crippen LogP contribution >= 0.6 is 0 Å². The van der Waals surface area contributed by atoms with Crippen LogP contribution in [0.2, 0.25) is 0 Å². The van der Waals surface area contributed by atoms with Gasteiger partial charge in [0, 0.05) is 17.3 Å². The molecule has 0 bridgehead atoms. The summed E-state index contributed by atoms with van der Waals surface area (Å²) in [6.45, 7) is 0. The van der Waals surface area contributed by atoms with Crippen molar-refractivity contribution in [1.29, 1.82) is 0 Å². The van der Waals surface area contributed by atoms with Crippen molar-refractivity contribution in [3.8, 4) is 34.7 Å². The molecule has 0 aliphatic carbocycles. The van der Waals surface area contributed by atoms with E-state index in [0.717, 1.165) is 16.8 Å². The largest absolute Gasteiger partial charge is 0.467 e. The smallest absolute Gasteiger partial charge is 0.322 e. The molecule has 0 amide bonds. The van der Waals surface area contributed by atoms with Gasteiger partial charge in [-0.3, -0.25) is 4.98 Å². The molecule has 3 rings (SSSR count). The van der Waals surface area contributed by atoms with Crippen molar-refractivity contribution >= 4 is 0 Å². The standard InChI is InChI=1S/C16H14N4O2/c1-21-15-18-14(19-16(20-15)22-2)12-8-6-11(7-9-12)13-5-3-4-10-17-13/h3-10H,1-2H3.